The van der Waals surface area contributed by atoms with Crippen molar-refractivity contribution in [2.45, 2.75) is 6.92 Å². The van der Waals surface area contributed by atoms with E-state index >= 15 is 0 Å². The third-order valence-electron chi connectivity index (χ3n) is 2.38. The molecule has 0 saturated carbocycles. The van der Waals surface area contributed by atoms with E-state index in [-0.39, 0.29) is 20.9 Å². The first-order valence-electron chi connectivity index (χ1n) is 5.72. The highest BCUT2D eigenvalue weighted by Gasteiger charge is 2.10. The van der Waals surface area contributed by atoms with Crippen molar-refractivity contribution in [3.8, 4) is 5.75 Å². The van der Waals surface area contributed by atoms with Gasteiger partial charge in [0.25, 0.3) is 0 Å². The van der Waals surface area contributed by atoms with Crippen LogP contribution < -0.4 is 10.1 Å². The van der Waals surface area contributed by atoms with Crippen LogP contribution in [0.5, 0.6) is 5.75 Å². The number of anilines is 2. The van der Waals surface area contributed by atoms with E-state index in [2.05, 4.69) is 10.3 Å². The fourth-order valence-corrected chi connectivity index (χ4v) is 2.06. The maximum absolute atomic E-state index is 13.7. The zero-order valence-electron chi connectivity index (χ0n) is 10.4. The van der Waals surface area contributed by atoms with Crippen LogP contribution in [-0.4, -0.2) is 11.6 Å². The zero-order valence-corrected chi connectivity index (χ0v) is 12.7. The van der Waals surface area contributed by atoms with E-state index in [1.807, 2.05) is 0 Å². The van der Waals surface area contributed by atoms with Gasteiger partial charge in [0.2, 0.25) is 0 Å². The monoisotopic (exact) mass is 334 g/mol. The van der Waals surface area contributed by atoms with Crippen molar-refractivity contribution < 1.29 is 9.13 Å². The second kappa shape index (κ2) is 6.48. The van der Waals surface area contributed by atoms with Crippen LogP contribution in [0.15, 0.2) is 24.3 Å². The summed E-state index contributed by atoms with van der Waals surface area (Å²) in [5.74, 6) is 0.00361. The molecule has 1 aromatic heterocycles. The number of nitrogens with one attached hydrogen (secondary N) is 1. The van der Waals surface area contributed by atoms with E-state index < -0.39 is 5.82 Å². The number of aromatic nitrogens is 1. The third-order valence-corrected chi connectivity index (χ3v) is 3.34. The minimum atomic E-state index is -0.479. The van der Waals surface area contributed by atoms with Crippen molar-refractivity contribution in [1.82, 2.24) is 4.98 Å². The van der Waals surface area contributed by atoms with Gasteiger partial charge in [-0.2, -0.15) is 0 Å². The predicted octanol–water partition coefficient (Wildman–Crippen LogP) is 5.32. The summed E-state index contributed by atoms with van der Waals surface area (Å²) in [6, 6.07) is 5.92. The average molecular weight is 336 g/mol. The van der Waals surface area contributed by atoms with Crippen molar-refractivity contribution >= 4 is 46.3 Å². The fourth-order valence-electron chi connectivity index (χ4n) is 1.52. The molecule has 0 aliphatic heterocycles. The van der Waals surface area contributed by atoms with Crippen LogP contribution in [0.2, 0.25) is 15.2 Å². The van der Waals surface area contributed by atoms with Gasteiger partial charge in [0.1, 0.15) is 5.15 Å². The maximum Gasteiger partial charge on any atom is 0.167 e. The average Bonchev–Trinajstić information content (AvgIpc) is 2.39. The molecule has 0 aliphatic carbocycles. The lowest BCUT2D eigenvalue weighted by Gasteiger charge is -2.10. The van der Waals surface area contributed by atoms with Gasteiger partial charge in [-0.15, -0.1) is 0 Å². The molecule has 0 saturated heterocycles. The summed E-state index contributed by atoms with van der Waals surface area (Å²) in [6.07, 6.45) is 0. The number of nitrogens with zero attached hydrogens (tertiary/aromatic N) is 1. The lowest BCUT2D eigenvalue weighted by Crippen LogP contribution is -1.98. The van der Waals surface area contributed by atoms with Crippen LogP contribution in [0.3, 0.4) is 0 Å². The fraction of sp³-hybridized carbons (Fsp3) is 0.154. The zero-order chi connectivity index (χ0) is 14.7. The van der Waals surface area contributed by atoms with Crippen molar-refractivity contribution in [3.05, 3.63) is 45.3 Å². The van der Waals surface area contributed by atoms with Crippen molar-refractivity contribution in [2.75, 3.05) is 11.9 Å². The second-order valence-electron chi connectivity index (χ2n) is 3.79. The minimum absolute atomic E-state index is 0.116. The highest BCUT2D eigenvalue weighted by molar-refractivity contribution is 6.43. The molecule has 1 N–H and O–H groups in total. The standard InChI is InChI=1S/C13H10Cl3FN2O/c1-2-20-11-4-3-7(5-10(11)17)18-13-9(15)6-8(14)12(16)19-13/h3-6H,2H2,1H3,(H,18,19). The van der Waals surface area contributed by atoms with Crippen molar-refractivity contribution in [3.63, 3.8) is 0 Å². The summed E-state index contributed by atoms with van der Waals surface area (Å²) in [5.41, 5.74) is 0.471. The number of benzene rings is 1. The lowest BCUT2D eigenvalue weighted by molar-refractivity contribution is 0.321. The van der Waals surface area contributed by atoms with E-state index in [4.69, 9.17) is 39.5 Å². The SMILES string of the molecule is CCOc1ccc(Nc2nc(Cl)c(Cl)cc2Cl)cc1F. The van der Waals surface area contributed by atoms with Gasteiger partial charge in [0.05, 0.1) is 16.7 Å². The Bertz CT molecular complexity index is 637. The van der Waals surface area contributed by atoms with E-state index in [0.29, 0.717) is 18.1 Å². The Labute approximate surface area is 130 Å². The lowest BCUT2D eigenvalue weighted by atomic mass is 10.3. The Morgan fingerprint density at radius 1 is 1.20 bits per heavy atom. The Balaban J connectivity index is 2.26. The molecule has 106 valence electrons. The molecule has 7 heteroatoms. The van der Waals surface area contributed by atoms with Crippen LogP contribution in [-0.2, 0) is 0 Å². The molecular weight excluding hydrogens is 326 g/mol. The minimum Gasteiger partial charge on any atom is -0.491 e. The molecular formula is C13H10Cl3FN2O. The molecule has 0 unspecified atom stereocenters. The Morgan fingerprint density at radius 3 is 2.60 bits per heavy atom. The first-order chi connectivity index (χ1) is 9.51. The predicted molar refractivity (Wildman–Crippen MR) is 80.1 cm³/mol. The summed E-state index contributed by atoms with van der Waals surface area (Å²) in [5, 5.41) is 3.52. The first kappa shape index (κ1) is 15.2. The Hall–Kier alpha value is -1.23. The quantitative estimate of drug-likeness (QED) is 0.767. The van der Waals surface area contributed by atoms with Crippen LogP contribution in [0.4, 0.5) is 15.9 Å². The highest BCUT2D eigenvalue weighted by atomic mass is 35.5. The molecule has 0 spiro atoms. The molecule has 0 aliphatic rings. The summed E-state index contributed by atoms with van der Waals surface area (Å²) in [6.45, 7) is 2.18. The smallest absolute Gasteiger partial charge is 0.167 e. The molecule has 3 nitrogen and oxygen atoms in total. The van der Waals surface area contributed by atoms with E-state index in [0.717, 1.165) is 0 Å². The third kappa shape index (κ3) is 3.45. The number of hydrogen-bond acceptors (Lipinski definition) is 3. The van der Waals surface area contributed by atoms with Gasteiger partial charge in [-0.25, -0.2) is 9.37 Å². The van der Waals surface area contributed by atoms with Gasteiger partial charge in [-0.3, -0.25) is 0 Å². The van der Waals surface area contributed by atoms with Gasteiger partial charge >= 0.3 is 0 Å². The highest BCUT2D eigenvalue weighted by Crippen LogP contribution is 2.31. The molecule has 0 amide bonds. The summed E-state index contributed by atoms with van der Waals surface area (Å²) in [7, 11) is 0. The Kier molecular flexibility index (Phi) is 4.91. The summed E-state index contributed by atoms with van der Waals surface area (Å²) >= 11 is 17.6. The van der Waals surface area contributed by atoms with Gasteiger partial charge in [0.15, 0.2) is 17.4 Å². The molecule has 2 rings (SSSR count). The first-order valence-corrected chi connectivity index (χ1v) is 6.85. The summed E-state index contributed by atoms with van der Waals surface area (Å²) < 4.78 is 18.8. The van der Waals surface area contributed by atoms with Crippen LogP contribution in [0.1, 0.15) is 6.92 Å². The normalized spacial score (nSPS) is 10.4. The van der Waals surface area contributed by atoms with E-state index in [9.17, 15) is 4.39 Å². The second-order valence-corrected chi connectivity index (χ2v) is 4.97. The Morgan fingerprint density at radius 2 is 1.95 bits per heavy atom. The number of halogens is 4. The largest absolute Gasteiger partial charge is 0.491 e. The van der Waals surface area contributed by atoms with E-state index in [1.54, 1.807) is 13.0 Å². The van der Waals surface area contributed by atoms with Gasteiger partial charge in [-0.05, 0) is 25.1 Å². The van der Waals surface area contributed by atoms with Gasteiger partial charge in [-0.1, -0.05) is 34.8 Å². The number of rotatable bonds is 4. The van der Waals surface area contributed by atoms with Gasteiger partial charge < -0.3 is 10.1 Å². The molecule has 0 atom stereocenters. The number of hydrogen-bond donors (Lipinski definition) is 1. The van der Waals surface area contributed by atoms with Crippen LogP contribution >= 0.6 is 34.8 Å². The molecule has 1 aromatic carbocycles. The maximum atomic E-state index is 13.7. The van der Waals surface area contributed by atoms with Crippen molar-refractivity contribution in [1.29, 1.82) is 0 Å². The molecule has 0 fully saturated rings. The number of pyridine rings is 1. The molecule has 0 radical (unpaired) electrons. The topological polar surface area (TPSA) is 34.1 Å². The van der Waals surface area contributed by atoms with Crippen LogP contribution in [0.25, 0.3) is 0 Å². The van der Waals surface area contributed by atoms with Crippen LogP contribution in [0, 0.1) is 5.82 Å². The van der Waals surface area contributed by atoms with E-state index in [1.165, 1.54) is 18.2 Å². The molecule has 0 bridgehead atoms. The van der Waals surface area contributed by atoms with Crippen molar-refractivity contribution in [2.24, 2.45) is 0 Å². The van der Waals surface area contributed by atoms with Gasteiger partial charge in [0, 0.05) is 11.8 Å². The summed E-state index contributed by atoms with van der Waals surface area (Å²) in [4.78, 5) is 3.99. The molecule has 20 heavy (non-hydrogen) atoms. The molecule has 2 aromatic rings. The molecule has 1 heterocycles. The number of ether oxygens (including phenoxy) is 1.